The Balaban J connectivity index is 3.83. The zero-order valence-electron chi connectivity index (χ0n) is 17.6. The van der Waals surface area contributed by atoms with E-state index in [0.717, 1.165) is 6.42 Å². The van der Waals surface area contributed by atoms with Crippen LogP contribution in [0.5, 0.6) is 0 Å². The molecule has 0 saturated carbocycles. The molecular weight excluding hydrogens is 382 g/mol. The molecular formula is C18H33N5O6. The predicted molar refractivity (Wildman–Crippen MR) is 107 cm³/mol. The van der Waals surface area contributed by atoms with Crippen LogP contribution >= 0.6 is 0 Å². The molecule has 11 heteroatoms. The van der Waals surface area contributed by atoms with Crippen LogP contribution in [0.25, 0.3) is 0 Å². The van der Waals surface area contributed by atoms with Crippen LogP contribution in [0.2, 0.25) is 0 Å². The van der Waals surface area contributed by atoms with Crippen molar-refractivity contribution in [3.05, 3.63) is 0 Å². The molecule has 0 aromatic rings. The van der Waals surface area contributed by atoms with Gasteiger partial charge in [0.1, 0.15) is 12.6 Å². The Morgan fingerprint density at radius 1 is 1.17 bits per heavy atom. The highest BCUT2D eigenvalue weighted by molar-refractivity contribution is 5.87. The second kappa shape index (κ2) is 16.1. The van der Waals surface area contributed by atoms with Crippen LogP contribution in [0.1, 0.15) is 40.0 Å². The highest BCUT2D eigenvalue weighted by atomic mass is 16.6. The molecule has 0 aliphatic heterocycles. The van der Waals surface area contributed by atoms with Crippen LogP contribution in [0, 0.1) is 5.92 Å². The summed E-state index contributed by atoms with van der Waals surface area (Å²) < 4.78 is 5.01. The molecule has 166 valence electrons. The Labute approximate surface area is 171 Å². The van der Waals surface area contributed by atoms with Crippen molar-refractivity contribution in [2.24, 2.45) is 11.1 Å². The second-order valence-electron chi connectivity index (χ2n) is 6.37. The fraction of sp³-hybridized carbons (Fsp3) is 0.722. The van der Waals surface area contributed by atoms with Crippen LogP contribution in [0.3, 0.4) is 0 Å². The number of carbonyl (C=O) groups is 4. The molecule has 29 heavy (non-hydrogen) atoms. The van der Waals surface area contributed by atoms with Gasteiger partial charge in [-0.25, -0.2) is 4.79 Å². The van der Waals surface area contributed by atoms with Crippen LogP contribution in [-0.2, 0) is 24.0 Å². The van der Waals surface area contributed by atoms with E-state index in [1.54, 1.807) is 0 Å². The van der Waals surface area contributed by atoms with Gasteiger partial charge >= 0.3 is 6.09 Å². The van der Waals surface area contributed by atoms with Crippen molar-refractivity contribution >= 4 is 30.0 Å². The molecule has 0 radical (unpaired) electrons. The number of oxime groups is 1. The minimum Gasteiger partial charge on any atom is -0.449 e. The average molecular weight is 415 g/mol. The smallest absolute Gasteiger partial charge is 0.407 e. The molecule has 2 atom stereocenters. The van der Waals surface area contributed by atoms with Crippen molar-refractivity contribution in [2.45, 2.75) is 46.1 Å². The minimum absolute atomic E-state index is 0.0652. The van der Waals surface area contributed by atoms with Gasteiger partial charge in [-0.1, -0.05) is 25.4 Å². The first kappa shape index (κ1) is 26.1. The summed E-state index contributed by atoms with van der Waals surface area (Å²) in [5.74, 6) is -0.680. The van der Waals surface area contributed by atoms with E-state index in [2.05, 4.69) is 26.4 Å². The van der Waals surface area contributed by atoms with E-state index in [1.165, 1.54) is 20.2 Å². The van der Waals surface area contributed by atoms with Crippen molar-refractivity contribution in [1.82, 2.24) is 21.3 Å². The lowest BCUT2D eigenvalue weighted by Gasteiger charge is -2.15. The van der Waals surface area contributed by atoms with Gasteiger partial charge in [-0.2, -0.15) is 0 Å². The third-order valence-electron chi connectivity index (χ3n) is 3.80. The number of rotatable bonds is 14. The van der Waals surface area contributed by atoms with Gasteiger partial charge in [0, 0.05) is 20.4 Å². The molecule has 0 heterocycles. The van der Waals surface area contributed by atoms with E-state index in [4.69, 9.17) is 9.57 Å². The Hall–Kier alpha value is -2.85. The van der Waals surface area contributed by atoms with Gasteiger partial charge in [0.25, 0.3) is 0 Å². The van der Waals surface area contributed by atoms with E-state index < -0.39 is 12.1 Å². The maximum absolute atomic E-state index is 11.8. The predicted octanol–water partition coefficient (Wildman–Crippen LogP) is -0.0918. The number of likely N-dealkylation sites (N-methyl/N-ethyl adjacent to an activating group) is 1. The summed E-state index contributed by atoms with van der Waals surface area (Å²) in [7, 11) is 1.46. The lowest BCUT2D eigenvalue weighted by atomic mass is 10.1. The molecule has 0 fully saturated rings. The average Bonchev–Trinajstić information content (AvgIpc) is 2.70. The van der Waals surface area contributed by atoms with Gasteiger partial charge in [-0.05, 0) is 12.3 Å². The molecule has 4 amide bonds. The fourth-order valence-electron chi connectivity index (χ4n) is 1.94. The molecule has 11 nitrogen and oxygen atoms in total. The Morgan fingerprint density at radius 2 is 1.90 bits per heavy atom. The summed E-state index contributed by atoms with van der Waals surface area (Å²) in [5.41, 5.74) is 0. The summed E-state index contributed by atoms with van der Waals surface area (Å²) in [5, 5.41) is 13.7. The first-order valence-corrected chi connectivity index (χ1v) is 9.59. The van der Waals surface area contributed by atoms with Gasteiger partial charge < -0.3 is 30.8 Å². The summed E-state index contributed by atoms with van der Waals surface area (Å²) in [6.07, 6.45) is 2.04. The van der Waals surface area contributed by atoms with Gasteiger partial charge in [0.15, 0.2) is 0 Å². The normalized spacial score (nSPS) is 12.6. The molecule has 0 aliphatic carbocycles. The highest BCUT2D eigenvalue weighted by Gasteiger charge is 2.19. The number of carbonyl (C=O) groups excluding carboxylic acids is 4. The van der Waals surface area contributed by atoms with Crippen molar-refractivity contribution in [2.75, 3.05) is 33.4 Å². The lowest BCUT2D eigenvalue weighted by Crippen LogP contribution is -2.45. The fourth-order valence-corrected chi connectivity index (χ4v) is 1.94. The highest BCUT2D eigenvalue weighted by Crippen LogP contribution is 2.00. The quantitative estimate of drug-likeness (QED) is 0.177. The number of nitrogens with one attached hydrogen (secondary N) is 4. The SMILES string of the molecule is CCC(C)COC(=O)NCCO/N=C\CNC(=O)CC[C@H](NC(C)=O)C(=O)NC. The van der Waals surface area contributed by atoms with Crippen molar-refractivity contribution in [1.29, 1.82) is 0 Å². The zero-order chi connectivity index (χ0) is 22.1. The number of nitrogens with zero attached hydrogens (tertiary/aromatic N) is 1. The number of amides is 4. The second-order valence-corrected chi connectivity index (χ2v) is 6.37. The third-order valence-corrected chi connectivity index (χ3v) is 3.80. The molecule has 0 aliphatic rings. The van der Waals surface area contributed by atoms with Gasteiger partial charge in [0.05, 0.1) is 25.9 Å². The summed E-state index contributed by atoms with van der Waals surface area (Å²) in [6, 6.07) is -0.760. The van der Waals surface area contributed by atoms with E-state index in [1.807, 2.05) is 13.8 Å². The number of ether oxygens (including phenoxy) is 1. The number of alkyl carbamates (subject to hydrolysis) is 1. The van der Waals surface area contributed by atoms with Crippen LogP contribution in [-0.4, -0.2) is 69.4 Å². The van der Waals surface area contributed by atoms with E-state index in [0.29, 0.717) is 12.5 Å². The zero-order valence-corrected chi connectivity index (χ0v) is 17.6. The molecule has 4 N–H and O–H groups in total. The third kappa shape index (κ3) is 14.8. The first-order chi connectivity index (χ1) is 13.8. The van der Waals surface area contributed by atoms with Crippen LogP contribution in [0.4, 0.5) is 4.79 Å². The number of hydrogen-bond donors (Lipinski definition) is 4. The van der Waals surface area contributed by atoms with Crippen molar-refractivity contribution in [3.63, 3.8) is 0 Å². The Morgan fingerprint density at radius 3 is 2.52 bits per heavy atom. The molecule has 0 spiro atoms. The lowest BCUT2D eigenvalue weighted by molar-refractivity contribution is -0.128. The molecule has 0 aromatic heterocycles. The molecule has 0 saturated heterocycles. The number of hydrogen-bond acceptors (Lipinski definition) is 7. The topological polar surface area (TPSA) is 147 Å². The molecule has 0 aromatic carbocycles. The standard InChI is InChI=1S/C18H33N5O6/c1-5-13(2)12-28-18(27)21-10-11-29-22-9-8-20-16(25)7-6-15(17(26)19-4)23-14(3)24/h9,13,15H,5-8,10-12H2,1-4H3,(H,19,26)(H,20,25)(H,21,27)(H,23,24)/b22-9-/t13?,15-/m0/s1. The monoisotopic (exact) mass is 415 g/mol. The maximum Gasteiger partial charge on any atom is 0.407 e. The van der Waals surface area contributed by atoms with Crippen molar-refractivity contribution in [3.8, 4) is 0 Å². The summed E-state index contributed by atoms with van der Waals surface area (Å²) in [6.45, 7) is 6.24. The molecule has 0 bridgehead atoms. The van der Waals surface area contributed by atoms with Gasteiger partial charge in [0.2, 0.25) is 17.7 Å². The summed E-state index contributed by atoms with van der Waals surface area (Å²) in [4.78, 5) is 50.8. The molecule has 0 rings (SSSR count). The van der Waals surface area contributed by atoms with E-state index in [9.17, 15) is 19.2 Å². The van der Waals surface area contributed by atoms with Crippen LogP contribution < -0.4 is 21.3 Å². The largest absolute Gasteiger partial charge is 0.449 e. The summed E-state index contributed by atoms with van der Waals surface area (Å²) >= 11 is 0. The van der Waals surface area contributed by atoms with E-state index in [-0.39, 0.29) is 50.3 Å². The van der Waals surface area contributed by atoms with Crippen molar-refractivity contribution < 1.29 is 28.8 Å². The van der Waals surface area contributed by atoms with Gasteiger partial charge in [-0.3, -0.25) is 14.4 Å². The maximum atomic E-state index is 11.8. The van der Waals surface area contributed by atoms with Gasteiger partial charge in [-0.15, -0.1) is 0 Å². The first-order valence-electron chi connectivity index (χ1n) is 9.59. The Bertz CT molecular complexity index is 555. The van der Waals surface area contributed by atoms with E-state index >= 15 is 0 Å². The Kier molecular flexibility index (Phi) is 14.6. The molecule has 1 unspecified atom stereocenters. The van der Waals surface area contributed by atoms with Crippen LogP contribution in [0.15, 0.2) is 5.16 Å². The minimum atomic E-state index is -0.760.